The smallest absolute Gasteiger partial charge is 0.251 e. The lowest BCUT2D eigenvalue weighted by Gasteiger charge is -2.19. The number of nitrogens with zero attached hydrogens (tertiary/aromatic N) is 2. The number of carbonyl (C=O) groups is 1. The number of nitrogens with one attached hydrogen (secondary N) is 2. The molecule has 0 spiro atoms. The van der Waals surface area contributed by atoms with Crippen LogP contribution in [0.2, 0.25) is 0 Å². The number of carbonyl (C=O) groups excluding carboxylic acids is 1. The van der Waals surface area contributed by atoms with Crippen molar-refractivity contribution in [1.82, 2.24) is 20.1 Å². The van der Waals surface area contributed by atoms with Crippen LogP contribution in [-0.2, 0) is 16.1 Å². The summed E-state index contributed by atoms with van der Waals surface area (Å²) in [5.74, 6) is 0.335. The highest BCUT2D eigenvalue weighted by Crippen LogP contribution is 2.15. The minimum Gasteiger partial charge on any atom is -0.482 e. The first-order valence-corrected chi connectivity index (χ1v) is 7.31. The Bertz CT molecular complexity index is 725. The maximum atomic E-state index is 12.2. The molecule has 1 saturated heterocycles. The van der Waals surface area contributed by atoms with Gasteiger partial charge >= 0.3 is 0 Å². The molecule has 0 saturated carbocycles. The molecule has 2 aromatic heterocycles. The number of rotatable bonds is 5. The summed E-state index contributed by atoms with van der Waals surface area (Å²) in [7, 11) is 0. The molecule has 8 heteroatoms. The van der Waals surface area contributed by atoms with Crippen LogP contribution in [0.1, 0.15) is 5.56 Å². The van der Waals surface area contributed by atoms with Crippen LogP contribution in [0, 0.1) is 6.92 Å². The topological polar surface area (TPSA) is 98.2 Å². The van der Waals surface area contributed by atoms with Crippen molar-refractivity contribution in [2.45, 2.75) is 25.6 Å². The van der Waals surface area contributed by atoms with Crippen LogP contribution in [0.3, 0.4) is 0 Å². The van der Waals surface area contributed by atoms with Gasteiger partial charge in [-0.05, 0) is 18.6 Å². The van der Waals surface area contributed by atoms with E-state index in [2.05, 4.69) is 15.5 Å². The fourth-order valence-electron chi connectivity index (χ4n) is 2.41. The van der Waals surface area contributed by atoms with E-state index in [4.69, 9.17) is 9.47 Å². The van der Waals surface area contributed by atoms with Gasteiger partial charge in [-0.2, -0.15) is 5.10 Å². The van der Waals surface area contributed by atoms with Gasteiger partial charge in [-0.3, -0.25) is 14.7 Å². The second kappa shape index (κ2) is 6.66. The van der Waals surface area contributed by atoms with Gasteiger partial charge in [-0.1, -0.05) is 0 Å². The molecule has 3 rings (SSSR count). The van der Waals surface area contributed by atoms with Gasteiger partial charge in [0.2, 0.25) is 5.91 Å². The summed E-state index contributed by atoms with van der Waals surface area (Å²) in [6.45, 7) is 2.56. The molecule has 23 heavy (non-hydrogen) atoms. The molecular weight excluding hydrogens is 300 g/mol. The Morgan fingerprint density at radius 2 is 2.43 bits per heavy atom. The number of ether oxygens (including phenoxy) is 2. The van der Waals surface area contributed by atoms with Crippen LogP contribution < -0.4 is 15.6 Å². The maximum Gasteiger partial charge on any atom is 0.251 e. The predicted molar refractivity (Wildman–Crippen MR) is 81.2 cm³/mol. The maximum absolute atomic E-state index is 12.2. The van der Waals surface area contributed by atoms with Gasteiger partial charge in [0.15, 0.2) is 5.75 Å². The number of amides is 1. The summed E-state index contributed by atoms with van der Waals surface area (Å²) < 4.78 is 12.5. The Kier molecular flexibility index (Phi) is 4.42. The summed E-state index contributed by atoms with van der Waals surface area (Å²) in [6.07, 6.45) is 4.51. The number of aromatic nitrogens is 3. The number of hydrogen-bond acceptors (Lipinski definition) is 5. The van der Waals surface area contributed by atoms with Crippen molar-refractivity contribution < 1.29 is 14.3 Å². The molecule has 0 aromatic carbocycles. The number of H-pyrrole nitrogens is 1. The molecule has 2 atom stereocenters. The molecule has 0 unspecified atom stereocenters. The van der Waals surface area contributed by atoms with Gasteiger partial charge in [-0.15, -0.1) is 0 Å². The van der Waals surface area contributed by atoms with Crippen LogP contribution in [0.4, 0.5) is 0 Å². The molecule has 0 radical (unpaired) electrons. The fourth-order valence-corrected chi connectivity index (χ4v) is 2.41. The largest absolute Gasteiger partial charge is 0.482 e. The highest BCUT2D eigenvalue weighted by Gasteiger charge is 2.31. The molecule has 2 N–H and O–H groups in total. The van der Waals surface area contributed by atoms with E-state index in [0.29, 0.717) is 19.0 Å². The van der Waals surface area contributed by atoms with Gasteiger partial charge in [-0.25, -0.2) is 0 Å². The zero-order valence-electron chi connectivity index (χ0n) is 12.7. The van der Waals surface area contributed by atoms with Crippen molar-refractivity contribution in [2.75, 3.05) is 13.2 Å². The molecule has 3 heterocycles. The molecule has 8 nitrogen and oxygen atoms in total. The Morgan fingerprint density at radius 1 is 1.57 bits per heavy atom. The average Bonchev–Trinajstić information content (AvgIpc) is 3.15. The lowest BCUT2D eigenvalue weighted by atomic mass is 10.2. The molecule has 1 aliphatic rings. The minimum atomic E-state index is -0.286. The SMILES string of the molecule is Cc1ccn(CC(=O)N[C@H]2COC[C@H]2Oc2cn[nH]c2)c(=O)c1. The van der Waals surface area contributed by atoms with E-state index in [1.165, 1.54) is 10.6 Å². The minimum absolute atomic E-state index is 0.0337. The monoisotopic (exact) mass is 318 g/mol. The molecule has 1 fully saturated rings. The lowest BCUT2D eigenvalue weighted by molar-refractivity contribution is -0.122. The number of aryl methyl sites for hydroxylation is 1. The van der Waals surface area contributed by atoms with E-state index in [9.17, 15) is 9.59 Å². The van der Waals surface area contributed by atoms with Gasteiger partial charge in [0.05, 0.1) is 31.6 Å². The van der Waals surface area contributed by atoms with Gasteiger partial charge < -0.3 is 19.4 Å². The molecule has 1 amide bonds. The van der Waals surface area contributed by atoms with E-state index >= 15 is 0 Å². The second-order valence-electron chi connectivity index (χ2n) is 5.47. The molecule has 1 aliphatic heterocycles. The fraction of sp³-hybridized carbons (Fsp3) is 0.400. The Labute approximate surface area is 132 Å². The van der Waals surface area contributed by atoms with Gasteiger partial charge in [0.1, 0.15) is 12.6 Å². The van der Waals surface area contributed by atoms with Crippen molar-refractivity contribution >= 4 is 5.91 Å². The predicted octanol–water partition coefficient (Wildman–Crippen LogP) is -0.158. The Balaban J connectivity index is 1.59. The van der Waals surface area contributed by atoms with Crippen molar-refractivity contribution in [3.63, 3.8) is 0 Å². The van der Waals surface area contributed by atoms with E-state index in [-0.39, 0.29) is 30.2 Å². The van der Waals surface area contributed by atoms with E-state index in [1.807, 2.05) is 6.92 Å². The van der Waals surface area contributed by atoms with E-state index in [0.717, 1.165) is 5.56 Å². The summed E-state index contributed by atoms with van der Waals surface area (Å²) in [4.78, 5) is 24.0. The van der Waals surface area contributed by atoms with E-state index < -0.39 is 0 Å². The summed E-state index contributed by atoms with van der Waals surface area (Å²) in [5, 5.41) is 9.32. The Hall–Kier alpha value is -2.61. The van der Waals surface area contributed by atoms with Crippen molar-refractivity contribution in [1.29, 1.82) is 0 Å². The molecule has 0 aliphatic carbocycles. The first-order chi connectivity index (χ1) is 11.1. The van der Waals surface area contributed by atoms with Crippen LogP contribution in [0.5, 0.6) is 5.75 Å². The second-order valence-corrected chi connectivity index (χ2v) is 5.47. The van der Waals surface area contributed by atoms with Gasteiger partial charge in [0, 0.05) is 12.3 Å². The molecule has 122 valence electrons. The number of pyridine rings is 1. The van der Waals surface area contributed by atoms with Gasteiger partial charge in [0.25, 0.3) is 5.56 Å². The quantitative estimate of drug-likeness (QED) is 0.798. The lowest BCUT2D eigenvalue weighted by Crippen LogP contribution is -2.46. The van der Waals surface area contributed by atoms with Crippen LogP contribution in [0.15, 0.2) is 35.5 Å². The first-order valence-electron chi connectivity index (χ1n) is 7.31. The van der Waals surface area contributed by atoms with Crippen molar-refractivity contribution in [3.05, 3.63) is 46.6 Å². The third-order valence-corrected chi connectivity index (χ3v) is 3.60. The van der Waals surface area contributed by atoms with Crippen LogP contribution in [-0.4, -0.2) is 46.0 Å². The van der Waals surface area contributed by atoms with Crippen molar-refractivity contribution in [3.8, 4) is 5.75 Å². The molecule has 0 bridgehead atoms. The zero-order valence-corrected chi connectivity index (χ0v) is 12.7. The third-order valence-electron chi connectivity index (χ3n) is 3.60. The zero-order chi connectivity index (χ0) is 16.2. The highest BCUT2D eigenvalue weighted by molar-refractivity contribution is 5.76. The number of hydrogen-bond donors (Lipinski definition) is 2. The molecule has 2 aromatic rings. The summed E-state index contributed by atoms with van der Waals surface area (Å²) >= 11 is 0. The highest BCUT2D eigenvalue weighted by atomic mass is 16.5. The van der Waals surface area contributed by atoms with E-state index in [1.54, 1.807) is 24.7 Å². The Morgan fingerprint density at radius 3 is 3.17 bits per heavy atom. The summed E-state index contributed by atoms with van der Waals surface area (Å²) in [5.41, 5.74) is 0.665. The standard InChI is InChI=1S/C15H18N4O4/c1-10-2-3-19(15(21)4-10)7-14(20)18-12-8-22-9-13(12)23-11-5-16-17-6-11/h2-6,12-13H,7-9H2,1H3,(H,16,17)(H,18,20)/t12-,13+/m0/s1. The third kappa shape index (κ3) is 3.78. The average molecular weight is 318 g/mol. The van der Waals surface area contributed by atoms with Crippen LogP contribution >= 0.6 is 0 Å². The van der Waals surface area contributed by atoms with Crippen molar-refractivity contribution in [2.24, 2.45) is 0 Å². The summed E-state index contributed by atoms with van der Waals surface area (Å²) in [6, 6.07) is 3.02. The number of aromatic amines is 1. The normalized spacial score (nSPS) is 20.4. The van der Waals surface area contributed by atoms with Crippen LogP contribution in [0.25, 0.3) is 0 Å². The molecular formula is C15H18N4O4. The first kappa shape index (κ1) is 15.3.